The zero-order valence-corrected chi connectivity index (χ0v) is 12.7. The van der Waals surface area contributed by atoms with Gasteiger partial charge in [0.05, 0.1) is 19.8 Å². The van der Waals surface area contributed by atoms with E-state index in [1.54, 1.807) is 0 Å². The molecule has 2 aliphatic heterocycles. The summed E-state index contributed by atoms with van der Waals surface area (Å²) >= 11 is 0. The van der Waals surface area contributed by atoms with Gasteiger partial charge >= 0.3 is 0 Å². The van der Waals surface area contributed by atoms with Crippen molar-refractivity contribution in [2.45, 2.75) is 56.5 Å². The van der Waals surface area contributed by atoms with E-state index in [0.717, 1.165) is 46.1 Å². The van der Waals surface area contributed by atoms with E-state index in [-0.39, 0.29) is 0 Å². The van der Waals surface area contributed by atoms with Crippen molar-refractivity contribution in [3.63, 3.8) is 0 Å². The zero-order valence-electron chi connectivity index (χ0n) is 12.7. The van der Waals surface area contributed by atoms with Crippen LogP contribution in [0, 0.1) is 0 Å². The molecule has 3 aliphatic rings. The molecule has 2 saturated heterocycles. The molecule has 1 aliphatic carbocycles. The minimum absolute atomic E-state index is 0.378. The second-order valence-electron chi connectivity index (χ2n) is 6.68. The van der Waals surface area contributed by atoms with Gasteiger partial charge in [0.1, 0.15) is 0 Å². The second kappa shape index (κ2) is 7.21. The Morgan fingerprint density at radius 3 is 2.35 bits per heavy atom. The van der Waals surface area contributed by atoms with Gasteiger partial charge in [-0.25, -0.2) is 0 Å². The number of rotatable bonds is 4. The molecule has 1 saturated carbocycles. The fraction of sp³-hybridized carbons (Fsp3) is 1.00. The van der Waals surface area contributed by atoms with Gasteiger partial charge in [0.2, 0.25) is 0 Å². The van der Waals surface area contributed by atoms with Gasteiger partial charge in [-0.2, -0.15) is 0 Å². The van der Waals surface area contributed by atoms with Crippen LogP contribution in [0.25, 0.3) is 0 Å². The zero-order chi connectivity index (χ0) is 13.7. The summed E-state index contributed by atoms with van der Waals surface area (Å²) in [5, 5.41) is 3.81. The van der Waals surface area contributed by atoms with E-state index in [2.05, 4.69) is 10.2 Å². The molecule has 0 radical (unpaired) electrons. The second-order valence-corrected chi connectivity index (χ2v) is 6.68. The van der Waals surface area contributed by atoms with Crippen molar-refractivity contribution < 1.29 is 9.47 Å². The van der Waals surface area contributed by atoms with Crippen molar-refractivity contribution in [3.8, 4) is 0 Å². The molecule has 0 spiro atoms. The molecule has 0 amide bonds. The van der Waals surface area contributed by atoms with Crippen molar-refractivity contribution in [2.24, 2.45) is 0 Å². The number of hydrogen-bond acceptors (Lipinski definition) is 4. The van der Waals surface area contributed by atoms with Gasteiger partial charge in [0.25, 0.3) is 0 Å². The predicted octanol–water partition coefficient (Wildman–Crippen LogP) is 1.79. The Bertz CT molecular complexity index is 278. The van der Waals surface area contributed by atoms with Crippen molar-refractivity contribution >= 4 is 0 Å². The first kappa shape index (κ1) is 14.8. The molecular formula is C16H30N2O2. The van der Waals surface area contributed by atoms with E-state index in [1.165, 1.54) is 44.9 Å². The Balaban J connectivity index is 1.64. The van der Waals surface area contributed by atoms with Crippen molar-refractivity contribution in [1.29, 1.82) is 0 Å². The smallest absolute Gasteiger partial charge is 0.0620 e. The van der Waals surface area contributed by atoms with Crippen molar-refractivity contribution in [1.82, 2.24) is 10.2 Å². The summed E-state index contributed by atoms with van der Waals surface area (Å²) in [6.07, 6.45) is 9.50. The average Bonchev–Trinajstić information content (AvgIpc) is 2.91. The SMILES string of the molecule is C1CCCC(CNC2CCOC2)(N2CCOCC2)CC1. The number of nitrogens with zero attached hydrogens (tertiary/aromatic N) is 1. The van der Waals surface area contributed by atoms with Gasteiger partial charge in [-0.1, -0.05) is 25.7 Å². The molecule has 3 fully saturated rings. The lowest BCUT2D eigenvalue weighted by Gasteiger charge is -2.46. The largest absolute Gasteiger partial charge is 0.380 e. The van der Waals surface area contributed by atoms with Gasteiger partial charge in [0.15, 0.2) is 0 Å². The highest BCUT2D eigenvalue weighted by Crippen LogP contribution is 2.33. The molecule has 3 rings (SSSR count). The number of morpholine rings is 1. The highest BCUT2D eigenvalue weighted by molar-refractivity contribution is 4.96. The Labute approximate surface area is 123 Å². The predicted molar refractivity (Wildman–Crippen MR) is 80.1 cm³/mol. The highest BCUT2D eigenvalue weighted by Gasteiger charge is 2.38. The molecule has 0 aromatic rings. The molecule has 116 valence electrons. The summed E-state index contributed by atoms with van der Waals surface area (Å²) < 4.78 is 11.1. The summed E-state index contributed by atoms with van der Waals surface area (Å²) in [4.78, 5) is 2.73. The van der Waals surface area contributed by atoms with Crippen LogP contribution in [0.3, 0.4) is 0 Å². The van der Waals surface area contributed by atoms with Crippen LogP contribution in [-0.4, -0.2) is 62.5 Å². The van der Waals surface area contributed by atoms with Gasteiger partial charge < -0.3 is 14.8 Å². The van der Waals surface area contributed by atoms with E-state index in [1.807, 2.05) is 0 Å². The molecule has 4 nitrogen and oxygen atoms in total. The Morgan fingerprint density at radius 1 is 0.950 bits per heavy atom. The fourth-order valence-electron chi connectivity index (χ4n) is 4.06. The lowest BCUT2D eigenvalue weighted by Crippen LogP contribution is -2.59. The van der Waals surface area contributed by atoms with Crippen molar-refractivity contribution in [3.05, 3.63) is 0 Å². The standard InChI is InChI=1S/C16H30N2O2/c1-2-4-7-16(6-3-1,18-8-11-19-12-9-18)14-17-15-5-10-20-13-15/h15,17H,1-14H2. The maximum Gasteiger partial charge on any atom is 0.0620 e. The third kappa shape index (κ3) is 3.53. The Kier molecular flexibility index (Phi) is 5.32. The Hall–Kier alpha value is -0.160. The molecule has 20 heavy (non-hydrogen) atoms. The van der Waals surface area contributed by atoms with E-state index in [4.69, 9.17) is 9.47 Å². The lowest BCUT2D eigenvalue weighted by atomic mass is 9.87. The number of ether oxygens (including phenoxy) is 2. The highest BCUT2D eigenvalue weighted by atomic mass is 16.5. The molecular weight excluding hydrogens is 252 g/mol. The summed E-state index contributed by atoms with van der Waals surface area (Å²) in [6.45, 7) is 7.02. The third-order valence-corrected chi connectivity index (χ3v) is 5.37. The fourth-order valence-corrected chi connectivity index (χ4v) is 4.06. The van der Waals surface area contributed by atoms with Crippen LogP contribution in [0.15, 0.2) is 0 Å². The van der Waals surface area contributed by atoms with Crippen LogP contribution < -0.4 is 5.32 Å². The average molecular weight is 282 g/mol. The number of hydrogen-bond donors (Lipinski definition) is 1. The van der Waals surface area contributed by atoms with Crippen molar-refractivity contribution in [2.75, 3.05) is 46.1 Å². The number of nitrogens with one attached hydrogen (secondary N) is 1. The summed E-state index contributed by atoms with van der Waals surface area (Å²) in [5.41, 5.74) is 0.378. The molecule has 1 N–H and O–H groups in total. The van der Waals surface area contributed by atoms with Crippen LogP contribution in [0.5, 0.6) is 0 Å². The lowest BCUT2D eigenvalue weighted by molar-refractivity contribution is -0.0296. The molecule has 0 aromatic carbocycles. The first-order valence-electron chi connectivity index (χ1n) is 8.53. The third-order valence-electron chi connectivity index (χ3n) is 5.37. The minimum atomic E-state index is 0.378. The molecule has 1 atom stereocenters. The molecule has 4 heteroatoms. The van der Waals surface area contributed by atoms with Crippen LogP contribution in [0.2, 0.25) is 0 Å². The van der Waals surface area contributed by atoms with E-state index in [0.29, 0.717) is 11.6 Å². The maximum absolute atomic E-state index is 5.56. The monoisotopic (exact) mass is 282 g/mol. The first-order valence-corrected chi connectivity index (χ1v) is 8.53. The van der Waals surface area contributed by atoms with E-state index < -0.39 is 0 Å². The molecule has 0 aromatic heterocycles. The maximum atomic E-state index is 5.56. The first-order chi connectivity index (χ1) is 9.89. The van der Waals surface area contributed by atoms with E-state index >= 15 is 0 Å². The van der Waals surface area contributed by atoms with Gasteiger partial charge in [0, 0.05) is 37.8 Å². The summed E-state index contributed by atoms with van der Waals surface area (Å²) in [7, 11) is 0. The quantitative estimate of drug-likeness (QED) is 0.797. The van der Waals surface area contributed by atoms with Gasteiger partial charge in [-0.05, 0) is 19.3 Å². The van der Waals surface area contributed by atoms with Crippen LogP contribution in [0.4, 0.5) is 0 Å². The summed E-state index contributed by atoms with van der Waals surface area (Å²) in [5.74, 6) is 0. The van der Waals surface area contributed by atoms with Crippen LogP contribution in [-0.2, 0) is 9.47 Å². The van der Waals surface area contributed by atoms with Gasteiger partial charge in [-0.15, -0.1) is 0 Å². The Morgan fingerprint density at radius 2 is 1.70 bits per heavy atom. The van der Waals surface area contributed by atoms with Gasteiger partial charge in [-0.3, -0.25) is 4.90 Å². The molecule has 1 unspecified atom stereocenters. The minimum Gasteiger partial charge on any atom is -0.380 e. The molecule has 0 bridgehead atoms. The normalized spacial score (nSPS) is 32.1. The molecule has 2 heterocycles. The summed E-state index contributed by atoms with van der Waals surface area (Å²) in [6, 6.07) is 0.580. The van der Waals surface area contributed by atoms with Crippen LogP contribution in [0.1, 0.15) is 44.9 Å². The van der Waals surface area contributed by atoms with E-state index in [9.17, 15) is 0 Å². The topological polar surface area (TPSA) is 33.7 Å². The van der Waals surface area contributed by atoms with Crippen LogP contribution >= 0.6 is 0 Å².